The summed E-state index contributed by atoms with van der Waals surface area (Å²) in [4.78, 5) is 28.3. The first-order valence-electron chi connectivity index (χ1n) is 11.8. The number of anilines is 1. The van der Waals surface area contributed by atoms with Crippen LogP contribution in [-0.4, -0.2) is 57.1 Å². The first-order valence-corrected chi connectivity index (χ1v) is 13.6. The van der Waals surface area contributed by atoms with Gasteiger partial charge in [-0.1, -0.05) is 44.2 Å². The smallest absolute Gasteiger partial charge is 0.244 e. The second-order valence-corrected chi connectivity index (χ2v) is 10.6. The van der Waals surface area contributed by atoms with Crippen molar-refractivity contribution in [2.75, 3.05) is 24.2 Å². The highest BCUT2D eigenvalue weighted by Crippen LogP contribution is 2.23. The Morgan fingerprint density at radius 1 is 1.03 bits per heavy atom. The lowest BCUT2D eigenvalue weighted by atomic mass is 10.1. The molecule has 0 aliphatic heterocycles. The average Bonchev–Trinajstić information content (AvgIpc) is 2.82. The number of ether oxygens (including phenoxy) is 1. The summed E-state index contributed by atoms with van der Waals surface area (Å²) in [6.45, 7) is 7.25. The minimum Gasteiger partial charge on any atom is -0.497 e. The van der Waals surface area contributed by atoms with Crippen molar-refractivity contribution in [3.63, 3.8) is 0 Å². The molecule has 0 saturated heterocycles. The minimum atomic E-state index is -3.76. The van der Waals surface area contributed by atoms with E-state index in [1.807, 2.05) is 39.0 Å². The molecule has 9 heteroatoms. The van der Waals surface area contributed by atoms with E-state index >= 15 is 0 Å². The number of carbonyl (C=O) groups is 2. The zero-order valence-electron chi connectivity index (χ0n) is 21.4. The Hall–Kier alpha value is -3.07. The van der Waals surface area contributed by atoms with Crippen molar-refractivity contribution in [1.82, 2.24) is 10.2 Å². The maximum absolute atomic E-state index is 13.7. The zero-order valence-corrected chi connectivity index (χ0v) is 22.3. The molecule has 8 nitrogen and oxygen atoms in total. The molecular formula is C26H37N3O5S. The zero-order chi connectivity index (χ0) is 26.2. The van der Waals surface area contributed by atoms with Crippen LogP contribution in [0.3, 0.4) is 0 Å². The van der Waals surface area contributed by atoms with Crippen LogP contribution < -0.4 is 14.4 Å². The van der Waals surface area contributed by atoms with E-state index in [-0.39, 0.29) is 18.5 Å². The maximum Gasteiger partial charge on any atom is 0.244 e. The molecule has 2 aromatic carbocycles. The van der Waals surface area contributed by atoms with Crippen molar-refractivity contribution in [3.05, 3.63) is 59.7 Å². The van der Waals surface area contributed by atoms with Crippen LogP contribution in [0.1, 0.15) is 44.7 Å². The van der Waals surface area contributed by atoms with Gasteiger partial charge in [0.1, 0.15) is 18.3 Å². The molecule has 0 radical (unpaired) electrons. The molecule has 0 aliphatic carbocycles. The highest BCUT2D eigenvalue weighted by molar-refractivity contribution is 7.92. The summed E-state index contributed by atoms with van der Waals surface area (Å²) in [6.07, 6.45) is 2.21. The third-order valence-corrected chi connectivity index (χ3v) is 7.09. The monoisotopic (exact) mass is 503 g/mol. The van der Waals surface area contributed by atoms with Crippen molar-refractivity contribution in [3.8, 4) is 5.75 Å². The number of para-hydroxylation sites is 1. The van der Waals surface area contributed by atoms with E-state index in [1.165, 1.54) is 4.90 Å². The number of aryl methyl sites for hydroxylation is 1. The van der Waals surface area contributed by atoms with Crippen molar-refractivity contribution in [2.24, 2.45) is 0 Å². The van der Waals surface area contributed by atoms with Crippen LogP contribution in [0.5, 0.6) is 5.75 Å². The van der Waals surface area contributed by atoms with Gasteiger partial charge in [-0.3, -0.25) is 13.9 Å². The summed E-state index contributed by atoms with van der Waals surface area (Å²) in [7, 11) is -2.19. The standard InChI is InChI=1S/C26H37N3O5S/c1-7-20(4)27-26(31)23(8-2)28(17-21-13-15-22(34-5)16-14-21)25(30)18-29(35(6,32)33)24-12-10-9-11-19(24)3/h9-16,20,23H,7-8,17-18H2,1-6H3,(H,27,31)/t20-,23+/m0/s1. The number of amides is 2. The van der Waals surface area contributed by atoms with Gasteiger partial charge in [0.05, 0.1) is 19.1 Å². The number of sulfonamides is 1. The molecule has 0 saturated carbocycles. The molecule has 2 atom stereocenters. The lowest BCUT2D eigenvalue weighted by Crippen LogP contribution is -2.53. The molecule has 0 aliphatic rings. The quantitative estimate of drug-likeness (QED) is 0.478. The summed E-state index contributed by atoms with van der Waals surface area (Å²) in [5, 5.41) is 2.96. The second kappa shape index (κ2) is 12.6. The van der Waals surface area contributed by atoms with E-state index in [0.717, 1.165) is 28.1 Å². The Balaban J connectivity index is 2.44. The van der Waals surface area contributed by atoms with Gasteiger partial charge < -0.3 is 15.0 Å². The summed E-state index contributed by atoms with van der Waals surface area (Å²) in [5.74, 6) is -0.0397. The van der Waals surface area contributed by atoms with Crippen LogP contribution in [0, 0.1) is 6.92 Å². The summed E-state index contributed by atoms with van der Waals surface area (Å²) in [5.41, 5.74) is 1.97. The van der Waals surface area contributed by atoms with E-state index in [1.54, 1.807) is 44.4 Å². The van der Waals surface area contributed by atoms with Gasteiger partial charge in [0.25, 0.3) is 0 Å². The van der Waals surface area contributed by atoms with Crippen LogP contribution in [0.15, 0.2) is 48.5 Å². The molecule has 0 heterocycles. The number of hydrogen-bond acceptors (Lipinski definition) is 5. The van der Waals surface area contributed by atoms with Gasteiger partial charge >= 0.3 is 0 Å². The fourth-order valence-electron chi connectivity index (χ4n) is 3.73. The summed E-state index contributed by atoms with van der Waals surface area (Å²) < 4.78 is 31.7. The lowest BCUT2D eigenvalue weighted by Gasteiger charge is -2.33. The van der Waals surface area contributed by atoms with E-state index < -0.39 is 28.5 Å². The van der Waals surface area contributed by atoms with Gasteiger partial charge in [0.15, 0.2) is 0 Å². The number of nitrogens with one attached hydrogen (secondary N) is 1. The topological polar surface area (TPSA) is 96.0 Å². The fourth-order valence-corrected chi connectivity index (χ4v) is 4.63. The van der Waals surface area contributed by atoms with Crippen molar-refractivity contribution < 1.29 is 22.7 Å². The Bertz CT molecular complexity index is 1100. The molecule has 0 unspecified atom stereocenters. The van der Waals surface area contributed by atoms with Crippen LogP contribution >= 0.6 is 0 Å². The Morgan fingerprint density at radius 3 is 2.17 bits per heavy atom. The van der Waals surface area contributed by atoms with Gasteiger partial charge in [0.2, 0.25) is 21.8 Å². The molecule has 192 valence electrons. The molecule has 35 heavy (non-hydrogen) atoms. The van der Waals surface area contributed by atoms with Crippen molar-refractivity contribution >= 4 is 27.5 Å². The van der Waals surface area contributed by atoms with E-state index in [0.29, 0.717) is 17.9 Å². The van der Waals surface area contributed by atoms with Crippen LogP contribution in [0.25, 0.3) is 0 Å². The first-order chi connectivity index (χ1) is 16.5. The Labute approximate surface area is 209 Å². The summed E-state index contributed by atoms with van der Waals surface area (Å²) >= 11 is 0. The number of carbonyl (C=O) groups excluding carboxylic acids is 2. The van der Waals surface area contributed by atoms with E-state index in [4.69, 9.17) is 4.74 Å². The molecule has 0 fully saturated rings. The second-order valence-electron chi connectivity index (χ2n) is 8.67. The molecule has 2 amide bonds. The van der Waals surface area contributed by atoms with Gasteiger partial charge in [-0.2, -0.15) is 0 Å². The van der Waals surface area contributed by atoms with Gasteiger partial charge in [-0.05, 0) is 56.0 Å². The van der Waals surface area contributed by atoms with Crippen molar-refractivity contribution in [2.45, 2.75) is 59.2 Å². The van der Waals surface area contributed by atoms with Crippen LogP contribution in [-0.2, 0) is 26.2 Å². The Morgan fingerprint density at radius 2 is 1.66 bits per heavy atom. The number of rotatable bonds is 12. The molecule has 0 spiro atoms. The SMILES string of the molecule is CC[C@H](C(=O)N[C@@H](C)CC)N(Cc1ccc(OC)cc1)C(=O)CN(c1ccccc1C)S(C)(=O)=O. The highest BCUT2D eigenvalue weighted by Gasteiger charge is 2.32. The fraction of sp³-hybridized carbons (Fsp3) is 0.462. The predicted molar refractivity (Wildman–Crippen MR) is 139 cm³/mol. The summed E-state index contributed by atoms with van der Waals surface area (Å²) in [6, 6.07) is 13.4. The van der Waals surface area contributed by atoms with Crippen molar-refractivity contribution in [1.29, 1.82) is 0 Å². The molecule has 2 rings (SSSR count). The van der Waals surface area contributed by atoms with Crippen LogP contribution in [0.4, 0.5) is 5.69 Å². The van der Waals surface area contributed by atoms with E-state index in [9.17, 15) is 18.0 Å². The maximum atomic E-state index is 13.7. The van der Waals surface area contributed by atoms with Crippen LogP contribution in [0.2, 0.25) is 0 Å². The molecule has 0 aromatic heterocycles. The first kappa shape index (κ1) is 28.2. The largest absolute Gasteiger partial charge is 0.497 e. The van der Waals surface area contributed by atoms with E-state index in [2.05, 4.69) is 5.32 Å². The van der Waals surface area contributed by atoms with Gasteiger partial charge in [-0.25, -0.2) is 8.42 Å². The molecule has 1 N–H and O–H groups in total. The number of benzene rings is 2. The number of methoxy groups -OCH3 is 1. The third-order valence-electron chi connectivity index (χ3n) is 5.96. The molecule has 2 aromatic rings. The molecular weight excluding hydrogens is 466 g/mol. The average molecular weight is 504 g/mol. The normalized spacial score (nSPS) is 13.0. The predicted octanol–water partition coefficient (Wildman–Crippen LogP) is 3.49. The Kier molecular flexibility index (Phi) is 10.1. The van der Waals surface area contributed by atoms with Gasteiger partial charge in [0, 0.05) is 12.6 Å². The van der Waals surface area contributed by atoms with Gasteiger partial charge in [-0.15, -0.1) is 0 Å². The molecule has 0 bridgehead atoms. The minimum absolute atomic E-state index is 0.0472. The number of hydrogen-bond donors (Lipinski definition) is 1. The third kappa shape index (κ3) is 7.71. The lowest BCUT2D eigenvalue weighted by molar-refractivity contribution is -0.140. The number of nitrogens with zero attached hydrogens (tertiary/aromatic N) is 2. The highest BCUT2D eigenvalue weighted by atomic mass is 32.2.